The summed E-state index contributed by atoms with van der Waals surface area (Å²) in [4.78, 5) is 11.6. The molecule has 2 rings (SSSR count). The molecule has 0 N–H and O–H groups in total. The molecule has 150 valence electrons. The van der Waals surface area contributed by atoms with E-state index in [9.17, 15) is 13.2 Å². The quantitative estimate of drug-likeness (QED) is 0.380. The molecule has 0 heterocycles. The first-order valence-electron chi connectivity index (χ1n) is 8.67. The van der Waals surface area contributed by atoms with Gasteiger partial charge in [-0.15, -0.1) is 0 Å². The molecule has 0 aliphatic rings. The van der Waals surface area contributed by atoms with Crippen molar-refractivity contribution >= 4 is 16.1 Å². The van der Waals surface area contributed by atoms with Gasteiger partial charge in [-0.05, 0) is 43.7 Å². The van der Waals surface area contributed by atoms with Crippen LogP contribution in [0.1, 0.15) is 24.0 Å². The SMILES string of the molecule is COC(=O)/C=C/[C@H](c1ccc(OC)cc1)[C@@H](C)OS(=O)(=O)c1ccc(C)cc1. The van der Waals surface area contributed by atoms with Crippen molar-refractivity contribution in [3.05, 3.63) is 71.8 Å². The number of ether oxygens (including phenoxy) is 2. The number of hydrogen-bond donors (Lipinski definition) is 0. The Kier molecular flexibility index (Phi) is 7.37. The molecule has 2 aromatic carbocycles. The fourth-order valence-corrected chi connectivity index (χ4v) is 3.74. The average molecular weight is 404 g/mol. The molecule has 2 aromatic rings. The van der Waals surface area contributed by atoms with Gasteiger partial charge >= 0.3 is 5.97 Å². The second kappa shape index (κ2) is 9.52. The number of carbonyl (C=O) groups is 1. The van der Waals surface area contributed by atoms with Crippen LogP contribution in [0, 0.1) is 6.92 Å². The van der Waals surface area contributed by atoms with Crippen LogP contribution in [0.4, 0.5) is 0 Å². The summed E-state index contributed by atoms with van der Waals surface area (Å²) in [5, 5.41) is 0. The monoisotopic (exact) mass is 404 g/mol. The molecule has 0 fully saturated rings. The van der Waals surface area contributed by atoms with Gasteiger partial charge in [-0.1, -0.05) is 35.9 Å². The van der Waals surface area contributed by atoms with E-state index < -0.39 is 28.1 Å². The number of methoxy groups -OCH3 is 2. The lowest BCUT2D eigenvalue weighted by molar-refractivity contribution is -0.134. The first-order chi connectivity index (χ1) is 13.3. The van der Waals surface area contributed by atoms with E-state index in [1.165, 1.54) is 25.3 Å². The number of esters is 1. The van der Waals surface area contributed by atoms with Crippen LogP contribution in [0.3, 0.4) is 0 Å². The molecule has 0 spiro atoms. The van der Waals surface area contributed by atoms with Gasteiger partial charge in [0.15, 0.2) is 0 Å². The van der Waals surface area contributed by atoms with E-state index in [-0.39, 0.29) is 4.90 Å². The van der Waals surface area contributed by atoms with Gasteiger partial charge in [0.2, 0.25) is 0 Å². The molecule has 0 aliphatic heterocycles. The van der Waals surface area contributed by atoms with E-state index in [1.54, 1.807) is 56.5 Å². The highest BCUT2D eigenvalue weighted by atomic mass is 32.2. The highest BCUT2D eigenvalue weighted by Crippen LogP contribution is 2.28. The summed E-state index contributed by atoms with van der Waals surface area (Å²) in [5.74, 6) is -0.363. The summed E-state index contributed by atoms with van der Waals surface area (Å²) >= 11 is 0. The minimum Gasteiger partial charge on any atom is -0.497 e. The molecular formula is C21H24O6S. The summed E-state index contributed by atoms with van der Waals surface area (Å²) in [6.45, 7) is 3.51. The number of aryl methyl sites for hydroxylation is 1. The van der Waals surface area contributed by atoms with Gasteiger partial charge in [-0.2, -0.15) is 8.42 Å². The van der Waals surface area contributed by atoms with Crippen LogP contribution in [0.25, 0.3) is 0 Å². The first kappa shape index (κ1) is 21.7. The summed E-state index contributed by atoms with van der Waals surface area (Å²) in [7, 11) is -1.13. The Morgan fingerprint density at radius 3 is 2.14 bits per heavy atom. The molecule has 0 radical (unpaired) electrons. The van der Waals surface area contributed by atoms with Gasteiger partial charge in [0.05, 0.1) is 25.2 Å². The molecular weight excluding hydrogens is 380 g/mol. The van der Waals surface area contributed by atoms with Gasteiger partial charge in [0, 0.05) is 12.0 Å². The van der Waals surface area contributed by atoms with Crippen LogP contribution in [0.2, 0.25) is 0 Å². The molecule has 0 saturated heterocycles. The fourth-order valence-electron chi connectivity index (χ4n) is 2.64. The number of benzene rings is 2. The molecule has 0 amide bonds. The zero-order valence-electron chi connectivity index (χ0n) is 16.3. The van der Waals surface area contributed by atoms with Crippen molar-refractivity contribution in [3.8, 4) is 5.75 Å². The third-order valence-corrected chi connectivity index (χ3v) is 5.64. The molecule has 6 nitrogen and oxygen atoms in total. The average Bonchev–Trinajstić information content (AvgIpc) is 2.68. The number of rotatable bonds is 8. The smallest absolute Gasteiger partial charge is 0.330 e. The van der Waals surface area contributed by atoms with E-state index in [0.29, 0.717) is 5.75 Å². The van der Waals surface area contributed by atoms with Crippen molar-refractivity contribution in [2.45, 2.75) is 30.8 Å². The minimum atomic E-state index is -3.96. The van der Waals surface area contributed by atoms with Crippen LogP contribution in [0.15, 0.2) is 65.6 Å². The minimum absolute atomic E-state index is 0.0791. The lowest BCUT2D eigenvalue weighted by Gasteiger charge is -2.22. The highest BCUT2D eigenvalue weighted by molar-refractivity contribution is 7.86. The van der Waals surface area contributed by atoms with Gasteiger partial charge in [0.1, 0.15) is 5.75 Å². The predicted octanol–water partition coefficient (Wildman–Crippen LogP) is 3.61. The first-order valence-corrected chi connectivity index (χ1v) is 10.1. The summed E-state index contributed by atoms with van der Waals surface area (Å²) in [6, 6.07) is 13.5. The Labute approximate surface area is 165 Å². The van der Waals surface area contributed by atoms with Gasteiger partial charge in [0.25, 0.3) is 10.1 Å². The molecule has 0 bridgehead atoms. The maximum Gasteiger partial charge on any atom is 0.330 e. The zero-order valence-corrected chi connectivity index (χ0v) is 17.1. The second-order valence-corrected chi connectivity index (χ2v) is 7.82. The van der Waals surface area contributed by atoms with Crippen molar-refractivity contribution in [2.24, 2.45) is 0 Å². The van der Waals surface area contributed by atoms with E-state index in [0.717, 1.165) is 11.1 Å². The van der Waals surface area contributed by atoms with Gasteiger partial charge in [-0.3, -0.25) is 4.18 Å². The van der Waals surface area contributed by atoms with E-state index >= 15 is 0 Å². The molecule has 0 saturated carbocycles. The normalized spacial score (nSPS) is 13.9. The fraction of sp³-hybridized carbons (Fsp3) is 0.286. The Hall–Kier alpha value is -2.64. The molecule has 7 heteroatoms. The van der Waals surface area contributed by atoms with Crippen LogP contribution < -0.4 is 4.74 Å². The van der Waals surface area contributed by atoms with Crippen LogP contribution >= 0.6 is 0 Å². The number of carbonyl (C=O) groups excluding carboxylic acids is 1. The third kappa shape index (κ3) is 5.68. The Morgan fingerprint density at radius 2 is 1.61 bits per heavy atom. The van der Waals surface area contributed by atoms with E-state index in [2.05, 4.69) is 4.74 Å². The molecule has 0 aliphatic carbocycles. The van der Waals surface area contributed by atoms with Crippen molar-refractivity contribution in [1.29, 1.82) is 0 Å². The Bertz CT molecular complexity index is 914. The molecule has 28 heavy (non-hydrogen) atoms. The molecule has 2 atom stereocenters. The Balaban J connectivity index is 2.31. The third-order valence-electron chi connectivity index (χ3n) is 4.24. The largest absolute Gasteiger partial charge is 0.497 e. The van der Waals surface area contributed by atoms with E-state index in [1.807, 2.05) is 6.92 Å². The Morgan fingerprint density at radius 1 is 1.00 bits per heavy atom. The second-order valence-electron chi connectivity index (χ2n) is 6.25. The lowest BCUT2D eigenvalue weighted by atomic mass is 9.93. The zero-order chi connectivity index (χ0) is 20.7. The van der Waals surface area contributed by atoms with Crippen LogP contribution in [-0.2, 0) is 23.8 Å². The van der Waals surface area contributed by atoms with Crippen molar-refractivity contribution in [3.63, 3.8) is 0 Å². The summed E-state index contributed by atoms with van der Waals surface area (Å²) in [5.41, 5.74) is 1.72. The van der Waals surface area contributed by atoms with Gasteiger partial charge in [-0.25, -0.2) is 4.79 Å². The summed E-state index contributed by atoms with van der Waals surface area (Å²) < 4.78 is 40.5. The maximum absolute atomic E-state index is 12.6. The summed E-state index contributed by atoms with van der Waals surface area (Å²) in [6.07, 6.45) is 2.07. The topological polar surface area (TPSA) is 78.9 Å². The number of hydrogen-bond acceptors (Lipinski definition) is 6. The van der Waals surface area contributed by atoms with Crippen molar-refractivity contribution in [1.82, 2.24) is 0 Å². The highest BCUT2D eigenvalue weighted by Gasteiger charge is 2.25. The van der Waals surface area contributed by atoms with Crippen molar-refractivity contribution in [2.75, 3.05) is 14.2 Å². The van der Waals surface area contributed by atoms with Crippen LogP contribution in [0.5, 0.6) is 5.75 Å². The molecule has 0 aromatic heterocycles. The predicted molar refractivity (Wildman–Crippen MR) is 106 cm³/mol. The standard InChI is InChI=1S/C21H24O6S/c1-15-5-11-19(12-6-15)28(23,24)27-16(2)20(13-14-21(22)26-4)17-7-9-18(25-3)10-8-17/h5-14,16,20H,1-4H3/b14-13+/t16-,20+/m1/s1. The van der Waals surface area contributed by atoms with Gasteiger partial charge < -0.3 is 9.47 Å². The van der Waals surface area contributed by atoms with E-state index in [4.69, 9.17) is 8.92 Å². The maximum atomic E-state index is 12.6. The van der Waals surface area contributed by atoms with Crippen molar-refractivity contribution < 1.29 is 26.9 Å². The van der Waals surface area contributed by atoms with Crippen LogP contribution in [-0.4, -0.2) is 34.7 Å². The molecule has 0 unspecified atom stereocenters. The lowest BCUT2D eigenvalue weighted by Crippen LogP contribution is -2.22.